The number of hydrogen-bond acceptors (Lipinski definition) is 4. The van der Waals surface area contributed by atoms with Crippen molar-refractivity contribution < 1.29 is 14.6 Å². The molecule has 0 radical (unpaired) electrons. The molecule has 5 heteroatoms. The first-order chi connectivity index (χ1) is 9.09. The second-order valence-electron chi connectivity index (χ2n) is 4.61. The van der Waals surface area contributed by atoms with Gasteiger partial charge in [0, 0.05) is 18.7 Å². The maximum Gasteiger partial charge on any atom is 0.317 e. The van der Waals surface area contributed by atoms with Crippen molar-refractivity contribution in [2.45, 2.75) is 13.0 Å². The Bertz CT molecular complexity index is 394. The number of para-hydroxylation sites is 1. The van der Waals surface area contributed by atoms with Crippen LogP contribution in [0, 0.1) is 0 Å². The molecule has 0 aliphatic carbocycles. The van der Waals surface area contributed by atoms with Crippen molar-refractivity contribution in [3.63, 3.8) is 0 Å². The van der Waals surface area contributed by atoms with Crippen LogP contribution in [0.3, 0.4) is 0 Å². The van der Waals surface area contributed by atoms with E-state index in [1.54, 1.807) is 0 Å². The van der Waals surface area contributed by atoms with Gasteiger partial charge in [-0.2, -0.15) is 0 Å². The van der Waals surface area contributed by atoms with Crippen molar-refractivity contribution in [3.8, 4) is 5.75 Å². The van der Waals surface area contributed by atoms with Crippen LogP contribution in [0.2, 0.25) is 0 Å². The topological polar surface area (TPSA) is 61.8 Å². The van der Waals surface area contributed by atoms with E-state index >= 15 is 0 Å². The number of nitrogens with one attached hydrogen (secondary N) is 1. The summed E-state index contributed by atoms with van der Waals surface area (Å²) < 4.78 is 5.73. The van der Waals surface area contributed by atoms with E-state index in [1.807, 2.05) is 38.4 Å². The van der Waals surface area contributed by atoms with E-state index in [9.17, 15) is 4.79 Å². The number of carboxylic acid groups (broad SMARTS) is 1. The highest BCUT2D eigenvalue weighted by molar-refractivity contribution is 5.69. The molecule has 0 amide bonds. The highest BCUT2D eigenvalue weighted by Gasteiger charge is 2.04. The number of aliphatic carboxylic acids is 1. The van der Waals surface area contributed by atoms with Crippen LogP contribution in [0.5, 0.6) is 5.75 Å². The van der Waals surface area contributed by atoms with Crippen molar-refractivity contribution in [3.05, 3.63) is 29.8 Å². The average molecular weight is 266 g/mol. The fourth-order valence-electron chi connectivity index (χ4n) is 1.66. The van der Waals surface area contributed by atoms with Gasteiger partial charge in [0.05, 0.1) is 13.2 Å². The summed E-state index contributed by atoms with van der Waals surface area (Å²) in [6.07, 6.45) is 0.962. The summed E-state index contributed by atoms with van der Waals surface area (Å²) >= 11 is 0. The van der Waals surface area contributed by atoms with Gasteiger partial charge in [-0.15, -0.1) is 0 Å². The van der Waals surface area contributed by atoms with Gasteiger partial charge < -0.3 is 20.1 Å². The van der Waals surface area contributed by atoms with E-state index in [1.165, 1.54) is 0 Å². The van der Waals surface area contributed by atoms with E-state index in [0.717, 1.165) is 24.3 Å². The number of carboxylic acids is 1. The molecule has 0 heterocycles. The van der Waals surface area contributed by atoms with Crippen molar-refractivity contribution >= 4 is 5.97 Å². The zero-order valence-electron chi connectivity index (χ0n) is 11.6. The first-order valence-corrected chi connectivity index (χ1v) is 6.37. The smallest absolute Gasteiger partial charge is 0.317 e. The first-order valence-electron chi connectivity index (χ1n) is 6.37. The SMILES string of the molecule is CN(C)CCCOc1ccccc1CNCC(=O)O. The van der Waals surface area contributed by atoms with Crippen molar-refractivity contribution in [1.29, 1.82) is 0 Å². The highest BCUT2D eigenvalue weighted by atomic mass is 16.5. The third kappa shape index (κ3) is 6.79. The van der Waals surface area contributed by atoms with E-state index in [4.69, 9.17) is 9.84 Å². The normalized spacial score (nSPS) is 10.7. The van der Waals surface area contributed by atoms with E-state index in [0.29, 0.717) is 13.2 Å². The van der Waals surface area contributed by atoms with Crippen LogP contribution in [0.1, 0.15) is 12.0 Å². The Kier molecular flexibility index (Phi) is 6.92. The summed E-state index contributed by atoms with van der Waals surface area (Å²) in [6, 6.07) is 7.69. The molecule has 0 atom stereocenters. The Hall–Kier alpha value is -1.59. The zero-order chi connectivity index (χ0) is 14.1. The third-order valence-electron chi connectivity index (χ3n) is 2.57. The van der Waals surface area contributed by atoms with Crippen LogP contribution in [-0.4, -0.2) is 49.8 Å². The van der Waals surface area contributed by atoms with E-state index in [2.05, 4.69) is 10.2 Å². The summed E-state index contributed by atoms with van der Waals surface area (Å²) in [5.41, 5.74) is 0.980. The minimum atomic E-state index is -0.857. The van der Waals surface area contributed by atoms with Gasteiger partial charge in [-0.25, -0.2) is 0 Å². The number of benzene rings is 1. The van der Waals surface area contributed by atoms with Gasteiger partial charge in [-0.05, 0) is 26.6 Å². The number of rotatable bonds is 9. The molecule has 0 aromatic heterocycles. The molecule has 1 aromatic carbocycles. The Labute approximate surface area is 114 Å². The minimum Gasteiger partial charge on any atom is -0.493 e. The Morgan fingerprint density at radius 2 is 2.11 bits per heavy atom. The Balaban J connectivity index is 2.41. The summed E-state index contributed by atoms with van der Waals surface area (Å²) in [5, 5.41) is 11.5. The molecule has 0 bridgehead atoms. The van der Waals surface area contributed by atoms with Gasteiger partial charge in [0.25, 0.3) is 0 Å². The van der Waals surface area contributed by atoms with Crippen LogP contribution in [0.25, 0.3) is 0 Å². The minimum absolute atomic E-state index is 0.0467. The van der Waals surface area contributed by atoms with Gasteiger partial charge in [-0.1, -0.05) is 18.2 Å². The van der Waals surface area contributed by atoms with Gasteiger partial charge in [0.1, 0.15) is 5.75 Å². The van der Waals surface area contributed by atoms with E-state index < -0.39 is 5.97 Å². The van der Waals surface area contributed by atoms with Crippen LogP contribution in [0.15, 0.2) is 24.3 Å². The molecule has 0 aliphatic rings. The number of nitrogens with zero attached hydrogens (tertiary/aromatic N) is 1. The lowest BCUT2D eigenvalue weighted by Gasteiger charge is -2.13. The van der Waals surface area contributed by atoms with Crippen LogP contribution in [-0.2, 0) is 11.3 Å². The number of ether oxygens (including phenoxy) is 1. The second kappa shape index (κ2) is 8.50. The molecule has 0 aliphatic heterocycles. The highest BCUT2D eigenvalue weighted by Crippen LogP contribution is 2.17. The Morgan fingerprint density at radius 3 is 2.79 bits per heavy atom. The van der Waals surface area contributed by atoms with Crippen LogP contribution in [0.4, 0.5) is 0 Å². The average Bonchev–Trinajstić information content (AvgIpc) is 2.35. The molecule has 1 rings (SSSR count). The third-order valence-corrected chi connectivity index (χ3v) is 2.57. The number of carbonyl (C=O) groups is 1. The summed E-state index contributed by atoms with van der Waals surface area (Å²) in [5.74, 6) is -0.0384. The molecule has 1 aromatic rings. The van der Waals surface area contributed by atoms with Gasteiger partial charge in [0.15, 0.2) is 0 Å². The molecule has 0 saturated heterocycles. The molecular weight excluding hydrogens is 244 g/mol. The Morgan fingerprint density at radius 1 is 1.37 bits per heavy atom. The number of hydrogen-bond donors (Lipinski definition) is 2. The molecule has 106 valence electrons. The van der Waals surface area contributed by atoms with Gasteiger partial charge in [0.2, 0.25) is 0 Å². The molecule has 0 spiro atoms. The molecule has 0 saturated carbocycles. The molecule has 0 fully saturated rings. The van der Waals surface area contributed by atoms with Crippen molar-refractivity contribution in [2.24, 2.45) is 0 Å². The van der Waals surface area contributed by atoms with E-state index in [-0.39, 0.29) is 6.54 Å². The maximum absolute atomic E-state index is 10.5. The molecule has 0 unspecified atom stereocenters. The standard InChI is InChI=1S/C14H22N2O3/c1-16(2)8-5-9-19-13-7-4-3-6-12(13)10-15-11-14(17)18/h3-4,6-7,15H,5,8-11H2,1-2H3,(H,17,18). The first kappa shape index (κ1) is 15.5. The maximum atomic E-state index is 10.5. The monoisotopic (exact) mass is 266 g/mol. The van der Waals surface area contributed by atoms with Gasteiger partial charge in [-0.3, -0.25) is 4.79 Å². The largest absolute Gasteiger partial charge is 0.493 e. The summed E-state index contributed by atoms with van der Waals surface area (Å²) in [4.78, 5) is 12.6. The van der Waals surface area contributed by atoms with Crippen LogP contribution < -0.4 is 10.1 Å². The second-order valence-corrected chi connectivity index (χ2v) is 4.61. The quantitative estimate of drug-likeness (QED) is 0.657. The summed E-state index contributed by atoms with van der Waals surface area (Å²) in [6.45, 7) is 2.10. The molecular formula is C14H22N2O3. The fraction of sp³-hybridized carbons (Fsp3) is 0.500. The van der Waals surface area contributed by atoms with Gasteiger partial charge >= 0.3 is 5.97 Å². The fourth-order valence-corrected chi connectivity index (χ4v) is 1.66. The lowest BCUT2D eigenvalue weighted by Crippen LogP contribution is -2.22. The zero-order valence-corrected chi connectivity index (χ0v) is 11.6. The van der Waals surface area contributed by atoms with Crippen molar-refractivity contribution in [1.82, 2.24) is 10.2 Å². The van der Waals surface area contributed by atoms with Crippen LogP contribution >= 0.6 is 0 Å². The van der Waals surface area contributed by atoms with Crippen molar-refractivity contribution in [2.75, 3.05) is 33.8 Å². The predicted octanol–water partition coefficient (Wildman–Crippen LogP) is 1.19. The molecule has 19 heavy (non-hydrogen) atoms. The lowest BCUT2D eigenvalue weighted by atomic mass is 10.2. The lowest BCUT2D eigenvalue weighted by molar-refractivity contribution is -0.136. The molecule has 2 N–H and O–H groups in total. The molecule has 5 nitrogen and oxygen atoms in total. The summed E-state index contributed by atoms with van der Waals surface area (Å²) in [7, 11) is 4.06. The predicted molar refractivity (Wildman–Crippen MR) is 74.5 cm³/mol.